The molecule has 0 fully saturated rings. The molecule has 3 aromatic rings. The minimum absolute atomic E-state index is 0. The maximum atomic E-state index is 6.92. The Bertz CT molecular complexity index is 1030. The second kappa shape index (κ2) is 11.2. The highest BCUT2D eigenvalue weighted by molar-refractivity contribution is 14.1. The van der Waals surface area contributed by atoms with Crippen molar-refractivity contribution in [2.45, 2.75) is 29.5 Å². The monoisotopic (exact) mass is 597 g/mol. The van der Waals surface area contributed by atoms with Crippen LogP contribution in [0.3, 0.4) is 0 Å². The summed E-state index contributed by atoms with van der Waals surface area (Å²) in [7, 11) is 3.32. The first-order valence-electron chi connectivity index (χ1n) is 9.18. The number of halogens is 4. The van der Waals surface area contributed by atoms with E-state index in [4.69, 9.17) is 26.8 Å². The van der Waals surface area contributed by atoms with Crippen molar-refractivity contribution in [2.75, 3.05) is 14.2 Å². The standard InChI is InChI=1S/C22H25ClIN3O2.2ClH/c1-21(2,27-13-14-11-16(28-3)6-8-20(14)29-4)22(24,25)18-9-10-26-19-12-15(23)5-7-17(18)19;;/h5-12,27H,13,25H2,1-4H3;2*1H. The predicted molar refractivity (Wildman–Crippen MR) is 142 cm³/mol. The predicted octanol–water partition coefficient (Wildman–Crippen LogP) is 5.86. The Balaban J connectivity index is 0.00000240. The molecule has 0 saturated heterocycles. The maximum Gasteiger partial charge on any atom is 0.123 e. The lowest BCUT2D eigenvalue weighted by molar-refractivity contribution is 0.304. The molecule has 0 spiro atoms. The number of pyridine rings is 1. The first-order valence-corrected chi connectivity index (χ1v) is 10.6. The number of hydrogen-bond acceptors (Lipinski definition) is 5. The molecule has 0 saturated carbocycles. The van der Waals surface area contributed by atoms with Gasteiger partial charge in [-0.2, -0.15) is 0 Å². The SMILES string of the molecule is COc1ccc(OC)c(CNC(C)(C)C(N)(I)c2ccnc3cc(Cl)ccc23)c1.Cl.Cl. The van der Waals surface area contributed by atoms with Crippen molar-refractivity contribution in [3.63, 3.8) is 0 Å². The number of ether oxygens (including phenoxy) is 2. The summed E-state index contributed by atoms with van der Waals surface area (Å²) in [6.07, 6.45) is 1.77. The third-order valence-corrected chi connectivity index (χ3v) is 7.38. The van der Waals surface area contributed by atoms with Gasteiger partial charge in [0.05, 0.1) is 19.7 Å². The second-order valence-electron chi connectivity index (χ2n) is 7.39. The van der Waals surface area contributed by atoms with Gasteiger partial charge in [-0.25, -0.2) is 0 Å². The molecule has 1 atom stereocenters. The molecule has 0 aliphatic heterocycles. The third-order valence-electron chi connectivity index (χ3n) is 5.21. The highest BCUT2D eigenvalue weighted by atomic mass is 127. The molecular weight excluding hydrogens is 572 g/mol. The molecule has 9 heteroatoms. The second-order valence-corrected chi connectivity index (χ2v) is 9.53. The van der Waals surface area contributed by atoms with Crippen LogP contribution in [0.5, 0.6) is 11.5 Å². The van der Waals surface area contributed by atoms with Gasteiger partial charge < -0.3 is 20.5 Å². The number of aromatic nitrogens is 1. The van der Waals surface area contributed by atoms with Crippen molar-refractivity contribution in [2.24, 2.45) is 5.73 Å². The summed E-state index contributed by atoms with van der Waals surface area (Å²) in [6, 6.07) is 13.4. The molecule has 0 amide bonds. The van der Waals surface area contributed by atoms with E-state index < -0.39 is 9.08 Å². The van der Waals surface area contributed by atoms with Crippen LogP contribution in [0.25, 0.3) is 10.9 Å². The maximum absolute atomic E-state index is 6.92. The highest BCUT2D eigenvalue weighted by Gasteiger charge is 2.42. The fraction of sp³-hybridized carbons (Fsp3) is 0.318. The molecule has 1 heterocycles. The molecule has 3 N–H and O–H groups in total. The molecule has 0 aliphatic rings. The van der Waals surface area contributed by atoms with Crippen LogP contribution in [0.4, 0.5) is 0 Å². The summed E-state index contributed by atoms with van der Waals surface area (Å²) in [5, 5.41) is 5.24. The van der Waals surface area contributed by atoms with Gasteiger partial charge in [0.15, 0.2) is 0 Å². The minimum Gasteiger partial charge on any atom is -0.497 e. The van der Waals surface area contributed by atoms with Crippen LogP contribution in [-0.2, 0) is 10.1 Å². The van der Waals surface area contributed by atoms with Crippen molar-refractivity contribution in [1.82, 2.24) is 10.3 Å². The highest BCUT2D eigenvalue weighted by Crippen LogP contribution is 2.40. The quantitative estimate of drug-likeness (QED) is 0.203. The fourth-order valence-corrected chi connectivity index (χ4v) is 4.07. The van der Waals surface area contributed by atoms with Gasteiger partial charge in [-0.15, -0.1) is 24.8 Å². The van der Waals surface area contributed by atoms with E-state index in [1.165, 1.54) is 0 Å². The zero-order valence-corrected chi connectivity index (χ0v) is 22.3. The Labute approximate surface area is 214 Å². The largest absolute Gasteiger partial charge is 0.497 e. The molecule has 0 bridgehead atoms. The molecule has 1 unspecified atom stereocenters. The molecule has 170 valence electrons. The number of hydrogen-bond donors (Lipinski definition) is 2. The molecule has 1 aromatic heterocycles. The van der Waals surface area contributed by atoms with E-state index in [9.17, 15) is 0 Å². The van der Waals surface area contributed by atoms with Crippen LogP contribution < -0.4 is 20.5 Å². The van der Waals surface area contributed by atoms with Crippen LogP contribution in [0.2, 0.25) is 5.02 Å². The number of alkyl halides is 1. The van der Waals surface area contributed by atoms with Gasteiger partial charge in [0.25, 0.3) is 0 Å². The van der Waals surface area contributed by atoms with Gasteiger partial charge >= 0.3 is 0 Å². The summed E-state index contributed by atoms with van der Waals surface area (Å²) >= 11 is 8.45. The van der Waals surface area contributed by atoms with Gasteiger partial charge in [-0.05, 0) is 55.8 Å². The number of nitrogens with two attached hydrogens (primary N) is 1. The van der Waals surface area contributed by atoms with E-state index in [1.54, 1.807) is 20.4 Å². The molecule has 31 heavy (non-hydrogen) atoms. The minimum atomic E-state index is -0.716. The van der Waals surface area contributed by atoms with E-state index in [0.29, 0.717) is 11.6 Å². The van der Waals surface area contributed by atoms with Crippen molar-refractivity contribution in [1.29, 1.82) is 0 Å². The van der Waals surface area contributed by atoms with Crippen molar-refractivity contribution in [3.8, 4) is 11.5 Å². The average molecular weight is 599 g/mol. The van der Waals surface area contributed by atoms with Gasteiger partial charge in [-0.3, -0.25) is 4.98 Å². The Morgan fingerprint density at radius 3 is 2.42 bits per heavy atom. The Morgan fingerprint density at radius 2 is 1.77 bits per heavy atom. The van der Waals surface area contributed by atoms with Gasteiger partial charge in [0, 0.05) is 34.3 Å². The number of benzene rings is 2. The number of methoxy groups -OCH3 is 2. The summed E-state index contributed by atoms with van der Waals surface area (Å²) in [5.41, 5.74) is 9.28. The molecule has 0 radical (unpaired) electrons. The Hall–Kier alpha value is -1.03. The van der Waals surface area contributed by atoms with Gasteiger partial charge in [-0.1, -0.05) is 40.3 Å². The number of rotatable bonds is 7. The lowest BCUT2D eigenvalue weighted by Crippen LogP contribution is -2.58. The van der Waals surface area contributed by atoms with Gasteiger partial charge in [0.2, 0.25) is 0 Å². The Kier molecular flexibility index (Phi) is 10.1. The summed E-state index contributed by atoms with van der Waals surface area (Å²) in [4.78, 5) is 4.44. The normalized spacial score (nSPS) is 13.0. The first kappa shape index (κ1) is 28.0. The molecule has 2 aromatic carbocycles. The van der Waals surface area contributed by atoms with Crippen LogP contribution in [0.15, 0.2) is 48.7 Å². The number of fused-ring (bicyclic) bond motifs is 1. The number of nitrogens with zero attached hydrogens (tertiary/aromatic N) is 1. The van der Waals surface area contributed by atoms with E-state index in [-0.39, 0.29) is 24.8 Å². The van der Waals surface area contributed by atoms with Crippen LogP contribution in [0.1, 0.15) is 25.0 Å². The first-order chi connectivity index (χ1) is 13.7. The van der Waals surface area contributed by atoms with Crippen molar-refractivity contribution < 1.29 is 9.47 Å². The molecular formula is C22H27Cl3IN3O2. The zero-order chi connectivity index (χ0) is 21.2. The van der Waals surface area contributed by atoms with E-state index in [1.807, 2.05) is 42.5 Å². The zero-order valence-electron chi connectivity index (χ0n) is 17.7. The Morgan fingerprint density at radius 1 is 1.06 bits per heavy atom. The lowest BCUT2D eigenvalue weighted by atomic mass is 9.87. The van der Waals surface area contributed by atoms with E-state index in [2.05, 4.69) is 46.7 Å². The van der Waals surface area contributed by atoms with Crippen molar-refractivity contribution in [3.05, 3.63) is 64.8 Å². The van der Waals surface area contributed by atoms with E-state index >= 15 is 0 Å². The molecule has 3 rings (SSSR count). The number of nitrogens with one attached hydrogen (secondary N) is 1. The lowest BCUT2D eigenvalue weighted by Gasteiger charge is -2.41. The van der Waals surface area contributed by atoms with Crippen molar-refractivity contribution >= 4 is 69.9 Å². The van der Waals surface area contributed by atoms with Crippen LogP contribution >= 0.6 is 59.0 Å². The third kappa shape index (κ3) is 5.86. The summed E-state index contributed by atoms with van der Waals surface area (Å²) in [5.74, 6) is 1.58. The fourth-order valence-electron chi connectivity index (χ4n) is 3.24. The van der Waals surface area contributed by atoms with Gasteiger partial charge in [0.1, 0.15) is 15.0 Å². The molecule has 5 nitrogen and oxygen atoms in total. The smallest absolute Gasteiger partial charge is 0.123 e. The van der Waals surface area contributed by atoms with Crippen LogP contribution in [0, 0.1) is 0 Å². The van der Waals surface area contributed by atoms with E-state index in [0.717, 1.165) is 33.5 Å². The van der Waals surface area contributed by atoms with Crippen LogP contribution in [-0.4, -0.2) is 24.7 Å². The molecule has 0 aliphatic carbocycles. The topological polar surface area (TPSA) is 69.4 Å². The average Bonchev–Trinajstić information content (AvgIpc) is 2.71. The summed E-state index contributed by atoms with van der Waals surface area (Å²) < 4.78 is 10.1. The summed E-state index contributed by atoms with van der Waals surface area (Å²) in [6.45, 7) is 4.76.